The van der Waals surface area contributed by atoms with Crippen LogP contribution < -0.4 is 14.2 Å². The van der Waals surface area contributed by atoms with Crippen LogP contribution in [0, 0.1) is 0 Å². The van der Waals surface area contributed by atoms with Gasteiger partial charge < -0.3 is 9.47 Å². The Balaban J connectivity index is 1.77. The van der Waals surface area contributed by atoms with Crippen molar-refractivity contribution in [1.29, 1.82) is 0 Å². The van der Waals surface area contributed by atoms with Crippen molar-refractivity contribution in [2.24, 2.45) is 0 Å². The lowest BCUT2D eigenvalue weighted by molar-refractivity contribution is 0.250. The second-order valence-electron chi connectivity index (χ2n) is 6.60. The Morgan fingerprint density at radius 2 is 1.82 bits per heavy atom. The van der Waals surface area contributed by atoms with Crippen molar-refractivity contribution < 1.29 is 17.9 Å². The monoisotopic (exact) mass is 424 g/mol. The minimum atomic E-state index is -3.66. The lowest BCUT2D eigenvalue weighted by Crippen LogP contribution is -2.36. The fraction of sp³-hybridized carbons (Fsp3) is 0.500. The lowest BCUT2D eigenvalue weighted by atomic mass is 10.2. The van der Waals surface area contributed by atoms with E-state index in [1.54, 1.807) is 23.5 Å². The smallest absolute Gasteiger partial charge is 0.240 e. The normalized spacial score (nSPS) is 16.2. The first-order valence-electron chi connectivity index (χ1n) is 9.72. The van der Waals surface area contributed by atoms with Crippen LogP contribution in [0.5, 0.6) is 11.5 Å². The molecule has 1 fully saturated rings. The van der Waals surface area contributed by atoms with Crippen molar-refractivity contribution in [1.82, 2.24) is 9.62 Å². The molecular formula is C20H28N2O4S2. The van der Waals surface area contributed by atoms with E-state index in [0.717, 1.165) is 25.9 Å². The molecule has 0 radical (unpaired) electrons. The van der Waals surface area contributed by atoms with Gasteiger partial charge in [0.05, 0.1) is 24.2 Å². The van der Waals surface area contributed by atoms with Crippen LogP contribution in [0.4, 0.5) is 0 Å². The van der Waals surface area contributed by atoms with Crippen molar-refractivity contribution in [3.63, 3.8) is 0 Å². The molecule has 1 N–H and O–H groups in total. The maximum absolute atomic E-state index is 12.9. The molecule has 0 saturated carbocycles. The van der Waals surface area contributed by atoms with Crippen LogP contribution in [-0.4, -0.2) is 46.2 Å². The quantitative estimate of drug-likeness (QED) is 0.630. The second-order valence-corrected chi connectivity index (χ2v) is 9.35. The number of nitrogens with zero attached hydrogens (tertiary/aromatic N) is 1. The van der Waals surface area contributed by atoms with E-state index in [1.807, 2.05) is 25.3 Å². The molecule has 0 spiro atoms. The highest BCUT2D eigenvalue weighted by molar-refractivity contribution is 7.89. The number of thiophene rings is 1. The van der Waals surface area contributed by atoms with Crippen molar-refractivity contribution in [2.45, 2.75) is 37.6 Å². The molecule has 1 saturated heterocycles. The third kappa shape index (κ3) is 5.05. The van der Waals surface area contributed by atoms with Crippen LogP contribution in [0.3, 0.4) is 0 Å². The maximum atomic E-state index is 12.9. The summed E-state index contributed by atoms with van der Waals surface area (Å²) in [5.41, 5.74) is 0. The van der Waals surface area contributed by atoms with E-state index >= 15 is 0 Å². The number of rotatable bonds is 10. The van der Waals surface area contributed by atoms with Crippen molar-refractivity contribution >= 4 is 21.4 Å². The summed E-state index contributed by atoms with van der Waals surface area (Å²) in [4.78, 5) is 3.73. The van der Waals surface area contributed by atoms with E-state index in [4.69, 9.17) is 9.47 Å². The molecule has 1 aromatic heterocycles. The van der Waals surface area contributed by atoms with Gasteiger partial charge >= 0.3 is 0 Å². The molecule has 0 bridgehead atoms. The van der Waals surface area contributed by atoms with Crippen LogP contribution in [0.2, 0.25) is 0 Å². The highest BCUT2D eigenvalue weighted by Crippen LogP contribution is 2.31. The fourth-order valence-electron chi connectivity index (χ4n) is 3.41. The minimum absolute atomic E-state index is 0.0614. The van der Waals surface area contributed by atoms with Crippen molar-refractivity contribution in [3.8, 4) is 11.5 Å². The third-order valence-electron chi connectivity index (χ3n) is 4.74. The van der Waals surface area contributed by atoms with Gasteiger partial charge in [-0.3, -0.25) is 4.90 Å². The average Bonchev–Trinajstić information content (AvgIpc) is 3.38. The molecule has 28 heavy (non-hydrogen) atoms. The van der Waals surface area contributed by atoms with Gasteiger partial charge in [-0.15, -0.1) is 11.3 Å². The van der Waals surface area contributed by atoms with Gasteiger partial charge in [0.25, 0.3) is 0 Å². The fourth-order valence-corrected chi connectivity index (χ4v) is 5.33. The van der Waals surface area contributed by atoms with Gasteiger partial charge in [0, 0.05) is 17.5 Å². The molecule has 2 aromatic rings. The summed E-state index contributed by atoms with van der Waals surface area (Å²) in [5.74, 6) is 0.999. The largest absolute Gasteiger partial charge is 0.490 e. The molecule has 6 nitrogen and oxygen atoms in total. The average molecular weight is 425 g/mol. The summed E-state index contributed by atoms with van der Waals surface area (Å²) in [6.07, 6.45) is 2.32. The van der Waals surface area contributed by atoms with E-state index in [2.05, 4.69) is 15.7 Å². The van der Waals surface area contributed by atoms with Crippen molar-refractivity contribution in [2.75, 3.05) is 32.8 Å². The Bertz CT molecular complexity index is 847. The van der Waals surface area contributed by atoms with Crippen LogP contribution in [0.15, 0.2) is 40.6 Å². The number of hydrogen-bond donors (Lipinski definition) is 1. The summed E-state index contributed by atoms with van der Waals surface area (Å²) in [6, 6.07) is 8.90. The predicted molar refractivity (Wildman–Crippen MR) is 112 cm³/mol. The molecule has 3 rings (SSSR count). The molecule has 1 unspecified atom stereocenters. The SMILES string of the molecule is CCOc1ccc(S(=O)(=O)NCC(c2cccs2)N2CCCC2)cc1OCC. The predicted octanol–water partition coefficient (Wildman–Crippen LogP) is 3.66. The molecule has 1 atom stereocenters. The third-order valence-corrected chi connectivity index (χ3v) is 7.14. The Hall–Kier alpha value is -1.61. The number of hydrogen-bond acceptors (Lipinski definition) is 6. The molecule has 8 heteroatoms. The summed E-state index contributed by atoms with van der Waals surface area (Å²) in [5, 5.41) is 2.04. The number of ether oxygens (including phenoxy) is 2. The Morgan fingerprint density at radius 1 is 1.11 bits per heavy atom. The maximum Gasteiger partial charge on any atom is 0.240 e. The standard InChI is InChI=1S/C20H28N2O4S2/c1-3-25-18-10-9-16(14-19(18)26-4-2)28(23,24)21-15-17(20-8-7-13-27-20)22-11-5-6-12-22/h7-10,13-14,17,21H,3-6,11-12,15H2,1-2H3. The molecule has 1 aliphatic rings. The second kappa shape index (κ2) is 9.73. The van der Waals surface area contributed by atoms with Gasteiger partial charge in [-0.05, 0) is 63.4 Å². The zero-order valence-electron chi connectivity index (χ0n) is 16.4. The van der Waals surface area contributed by atoms with Crippen LogP contribution in [0.1, 0.15) is 37.6 Å². The Labute approximate surface area is 171 Å². The number of nitrogens with one attached hydrogen (secondary N) is 1. The summed E-state index contributed by atoms with van der Waals surface area (Å²) in [6.45, 7) is 7.01. The summed E-state index contributed by atoms with van der Waals surface area (Å²) >= 11 is 1.67. The van der Waals surface area contributed by atoms with Gasteiger partial charge in [-0.1, -0.05) is 6.07 Å². The molecule has 1 aromatic carbocycles. The first kappa shape index (κ1) is 21.1. The first-order chi connectivity index (χ1) is 13.5. The van der Waals surface area contributed by atoms with Gasteiger partial charge in [-0.25, -0.2) is 13.1 Å². The van der Waals surface area contributed by atoms with Crippen molar-refractivity contribution in [3.05, 3.63) is 40.6 Å². The van der Waals surface area contributed by atoms with E-state index in [9.17, 15) is 8.42 Å². The highest BCUT2D eigenvalue weighted by atomic mass is 32.2. The molecule has 154 valence electrons. The highest BCUT2D eigenvalue weighted by Gasteiger charge is 2.26. The Kier molecular flexibility index (Phi) is 7.34. The van der Waals surface area contributed by atoms with Crippen LogP contribution in [0.25, 0.3) is 0 Å². The number of likely N-dealkylation sites (tertiary alicyclic amines) is 1. The van der Waals surface area contributed by atoms with Crippen LogP contribution in [-0.2, 0) is 10.0 Å². The molecular weight excluding hydrogens is 396 g/mol. The van der Waals surface area contributed by atoms with E-state index in [-0.39, 0.29) is 10.9 Å². The molecule has 2 heterocycles. The van der Waals surface area contributed by atoms with Gasteiger partial charge in [0.15, 0.2) is 11.5 Å². The number of sulfonamides is 1. The number of benzene rings is 1. The van der Waals surface area contributed by atoms with Gasteiger partial charge in [-0.2, -0.15) is 0 Å². The van der Waals surface area contributed by atoms with Gasteiger partial charge in [0.1, 0.15) is 0 Å². The van der Waals surface area contributed by atoms with E-state index in [0.29, 0.717) is 31.3 Å². The lowest BCUT2D eigenvalue weighted by Gasteiger charge is -2.27. The van der Waals surface area contributed by atoms with E-state index < -0.39 is 10.0 Å². The van der Waals surface area contributed by atoms with Gasteiger partial charge in [0.2, 0.25) is 10.0 Å². The van der Waals surface area contributed by atoms with E-state index in [1.165, 1.54) is 10.9 Å². The molecule has 0 amide bonds. The molecule has 1 aliphatic heterocycles. The van der Waals surface area contributed by atoms with Crippen LogP contribution >= 0.6 is 11.3 Å². The molecule has 0 aliphatic carbocycles. The summed E-state index contributed by atoms with van der Waals surface area (Å²) in [7, 11) is -3.66. The first-order valence-corrected chi connectivity index (χ1v) is 12.1. The topological polar surface area (TPSA) is 67.9 Å². The Morgan fingerprint density at radius 3 is 2.46 bits per heavy atom. The summed E-state index contributed by atoms with van der Waals surface area (Å²) < 4.78 is 39.7. The zero-order chi connectivity index (χ0) is 20.0. The minimum Gasteiger partial charge on any atom is -0.490 e. The zero-order valence-corrected chi connectivity index (χ0v) is 18.0.